The van der Waals surface area contributed by atoms with Crippen molar-refractivity contribution in [2.75, 3.05) is 59.1 Å². The van der Waals surface area contributed by atoms with Crippen LogP contribution < -0.4 is 113 Å². The van der Waals surface area contributed by atoms with E-state index >= 15 is 0 Å². The van der Waals surface area contributed by atoms with Gasteiger partial charge in [0.1, 0.15) is 6.61 Å². The Morgan fingerprint density at radius 3 is 1.35 bits per heavy atom. The van der Waals surface area contributed by atoms with E-state index < -0.39 is 54.0 Å². The number of nitrogens with one attached hydrogen (secondary N) is 1. The molecule has 502 valence electrons. The Bertz CT molecular complexity index is 2050. The summed E-state index contributed by atoms with van der Waals surface area (Å²) in [4.78, 5) is 56.8. The standard InChI is InChI=1S/C17H38O3Si2.C12H24O2.C11H22O4.C10H19NO5S.C8H14F3NO3S.2K/c1-9-11-14-21(5,6)20-22(7,8)15-12-13-19-16(18)17(3,4)10-2;1-6-12(4,5)11(13)14-9-7-8-10(2)3;1-4-10(3)11(12)15-9-8-14-7-6-13-5-2;1-4-8(2)10(13)16-7-5-6-9(12)11-17(3,14)15;1-6(2)4-3-5-7(13)12-16(14,15)8(9,10)11;;/h9-15H2,1-8H3;10H,6-9H2,1-5H3;10H,4-9H2,1-3H3;8H,4-7H2,1-3H3,(H,11,12);6H,3-5H2,1-2H3,(H,12,13);;/q;;;;;2*+1/p-1. The molecule has 86 heavy (non-hydrogen) atoms. The van der Waals surface area contributed by atoms with Gasteiger partial charge in [0.25, 0.3) is 0 Å². The molecule has 0 rings (SSSR count). The summed E-state index contributed by atoms with van der Waals surface area (Å²) in [6.07, 6.45) is 10.6. The summed E-state index contributed by atoms with van der Waals surface area (Å²) < 4.78 is 119. The molecule has 0 saturated heterocycles. The zero-order valence-corrected chi connectivity index (χ0v) is 67.5. The third kappa shape index (κ3) is 61.6. The quantitative estimate of drug-likeness (QED) is 0.0173. The van der Waals surface area contributed by atoms with Crippen LogP contribution in [0.15, 0.2) is 4.40 Å². The Kier molecular flexibility index (Phi) is 63.1. The number of carbonyl (C=O) groups is 5. The summed E-state index contributed by atoms with van der Waals surface area (Å²) in [7, 11) is -12.3. The van der Waals surface area contributed by atoms with Crippen molar-refractivity contribution in [2.45, 2.75) is 244 Å². The average Bonchev–Trinajstić information content (AvgIpc) is 3.38. The number of nitrogens with zero attached hydrogens (tertiary/aromatic N) is 1. The zero-order chi connectivity index (χ0) is 66.6. The second kappa shape index (κ2) is 54.5. The predicted molar refractivity (Wildman–Crippen MR) is 331 cm³/mol. The van der Waals surface area contributed by atoms with E-state index in [1.807, 2.05) is 83.1 Å². The third-order valence-electron chi connectivity index (χ3n) is 12.7. The van der Waals surface area contributed by atoms with Crippen LogP contribution >= 0.6 is 0 Å². The Balaban J connectivity index is -0.000000182. The van der Waals surface area contributed by atoms with E-state index in [0.717, 1.165) is 55.5 Å². The molecule has 0 saturated carbocycles. The van der Waals surface area contributed by atoms with Gasteiger partial charge in [0, 0.05) is 13.0 Å². The second-order valence-electron chi connectivity index (χ2n) is 24.0. The molecule has 2 unspecified atom stereocenters. The van der Waals surface area contributed by atoms with Gasteiger partial charge in [0.2, 0.25) is 15.9 Å². The van der Waals surface area contributed by atoms with Gasteiger partial charge in [-0.1, -0.05) is 95.4 Å². The number of halogens is 3. The first-order valence-electron chi connectivity index (χ1n) is 30.0. The largest absolute Gasteiger partial charge is 1.00 e. The minimum atomic E-state index is -5.55. The molecule has 0 aromatic carbocycles. The molecule has 0 aliphatic rings. The van der Waals surface area contributed by atoms with Crippen LogP contribution in [-0.2, 0) is 76.6 Å². The van der Waals surface area contributed by atoms with E-state index in [1.54, 1.807) is 6.92 Å². The number of amides is 1. The summed E-state index contributed by atoms with van der Waals surface area (Å²) in [6, 6.07) is 2.31. The van der Waals surface area contributed by atoms with Crippen LogP contribution in [0, 0.1) is 34.5 Å². The van der Waals surface area contributed by atoms with Crippen LogP contribution in [0.3, 0.4) is 0 Å². The van der Waals surface area contributed by atoms with Crippen molar-refractivity contribution in [3.8, 4) is 0 Å². The Labute approximate surface area is 606 Å². The first kappa shape index (κ1) is 99.7. The zero-order valence-electron chi connectivity index (χ0n) is 57.6. The molecule has 0 aliphatic carbocycles. The fourth-order valence-electron chi connectivity index (χ4n) is 6.19. The molecule has 0 aromatic heterocycles. The summed E-state index contributed by atoms with van der Waals surface area (Å²) >= 11 is 0. The van der Waals surface area contributed by atoms with Crippen LogP contribution in [0.2, 0.25) is 38.3 Å². The molecular weight excluding hydrogens is 1250 g/mol. The molecule has 0 heterocycles. The minimum Gasteiger partial charge on any atom is -0.861 e. The van der Waals surface area contributed by atoms with E-state index in [2.05, 4.69) is 51.4 Å². The molecule has 1 amide bonds. The smallest absolute Gasteiger partial charge is 0.861 e. The molecule has 19 nitrogen and oxygen atoms in total. The molecule has 0 spiro atoms. The van der Waals surface area contributed by atoms with E-state index in [9.17, 15) is 59.1 Å². The van der Waals surface area contributed by atoms with Crippen LogP contribution in [0.1, 0.15) is 201 Å². The van der Waals surface area contributed by atoms with Crippen molar-refractivity contribution < 1.29 is 194 Å². The van der Waals surface area contributed by atoms with Crippen molar-refractivity contribution >= 4 is 72.4 Å². The van der Waals surface area contributed by atoms with Crippen molar-refractivity contribution in [1.29, 1.82) is 0 Å². The maximum absolute atomic E-state index is 11.9. The molecule has 1 N–H and O–H groups in total. The minimum absolute atomic E-state index is 0. The van der Waals surface area contributed by atoms with Gasteiger partial charge in [-0.2, -0.15) is 26.0 Å². The number of esters is 4. The summed E-state index contributed by atoms with van der Waals surface area (Å²) in [5, 5.41) is 11.0. The summed E-state index contributed by atoms with van der Waals surface area (Å²) in [5.74, 6) is -1.62. The van der Waals surface area contributed by atoms with Crippen LogP contribution in [0.4, 0.5) is 13.2 Å². The van der Waals surface area contributed by atoms with Gasteiger partial charge in [-0.25, -0.2) is 13.1 Å². The summed E-state index contributed by atoms with van der Waals surface area (Å²) in [6.45, 7) is 44.6. The SMILES string of the molecule is CC(C)CCCC(=O)NS(=O)(=O)C(F)(F)F.CCC(C)(C)C(=O)OCCCC(C)C.CCC(C)C(=O)OCCCC([O-])=NS(C)(=O)=O.CCCC[Si](C)(C)O[Si](C)(C)CCCOC(=O)C(C)(C)CC.CCOCCOCCOC(=O)C(C)CC.[K+].[K+]. The fraction of sp³-hybridized carbons (Fsp3) is 0.897. The number of carbonyl (C=O) groups excluding carboxylic acids is 5. The van der Waals surface area contributed by atoms with Gasteiger partial charge in [-0.05, 0) is 155 Å². The van der Waals surface area contributed by atoms with Crippen molar-refractivity contribution in [2.24, 2.45) is 38.9 Å². The fourth-order valence-corrected chi connectivity index (χ4v) is 16.2. The van der Waals surface area contributed by atoms with Crippen LogP contribution in [-0.4, -0.2) is 134 Å². The van der Waals surface area contributed by atoms with E-state index in [0.29, 0.717) is 77.3 Å². The number of alkyl halides is 3. The Morgan fingerprint density at radius 1 is 0.558 bits per heavy atom. The maximum Gasteiger partial charge on any atom is 1.00 e. The number of unbranched alkanes of at least 4 members (excludes halogenated alkanes) is 1. The molecule has 28 heteroatoms. The van der Waals surface area contributed by atoms with E-state index in [4.69, 9.17) is 32.5 Å². The molecular formula is C58H116F3K2N2O17S2Si2+. The maximum atomic E-state index is 11.9. The van der Waals surface area contributed by atoms with Gasteiger partial charge in [-0.3, -0.25) is 24.0 Å². The van der Waals surface area contributed by atoms with Gasteiger partial charge < -0.3 is 37.6 Å². The van der Waals surface area contributed by atoms with E-state index in [-0.39, 0.29) is 175 Å². The Morgan fingerprint density at radius 2 is 0.953 bits per heavy atom. The topological polar surface area (TPSA) is 266 Å². The normalized spacial score (nSPS) is 12.7. The number of rotatable bonds is 38. The monoisotopic (exact) mass is 1370 g/mol. The van der Waals surface area contributed by atoms with Gasteiger partial charge in [-0.15, -0.1) is 0 Å². The van der Waals surface area contributed by atoms with Crippen LogP contribution in [0.5, 0.6) is 0 Å². The Hall–Kier alpha value is 0.0965. The predicted octanol–water partition coefficient (Wildman–Crippen LogP) is 6.47. The number of sulfonamides is 2. The number of ether oxygens (including phenoxy) is 6. The van der Waals surface area contributed by atoms with Crippen molar-refractivity contribution in [3.05, 3.63) is 0 Å². The van der Waals surface area contributed by atoms with Crippen LogP contribution in [0.25, 0.3) is 0 Å². The molecule has 0 aromatic rings. The molecule has 0 fully saturated rings. The van der Waals surface area contributed by atoms with Crippen molar-refractivity contribution in [3.63, 3.8) is 0 Å². The molecule has 0 radical (unpaired) electrons. The van der Waals surface area contributed by atoms with E-state index in [1.165, 1.54) is 18.9 Å². The van der Waals surface area contributed by atoms with Gasteiger partial charge >= 0.3 is 142 Å². The molecule has 0 bridgehead atoms. The van der Waals surface area contributed by atoms with Crippen molar-refractivity contribution in [1.82, 2.24) is 4.72 Å². The summed E-state index contributed by atoms with van der Waals surface area (Å²) in [5.41, 5.74) is -6.13. The van der Waals surface area contributed by atoms with Gasteiger partial charge in [0.15, 0.2) is 16.6 Å². The van der Waals surface area contributed by atoms with Gasteiger partial charge in [0.05, 0.1) is 68.6 Å². The number of hydrogen-bond acceptors (Lipinski definition) is 17. The average molecular weight is 1370 g/mol. The third-order valence-corrected chi connectivity index (χ3v) is 21.9. The first-order valence-corrected chi connectivity index (χ1v) is 39.6. The molecule has 2 atom stereocenters. The number of hydrogen-bond donors (Lipinski definition) is 1. The molecule has 0 aliphatic heterocycles. The first-order chi connectivity index (χ1) is 38.4. The second-order valence-corrected chi connectivity index (χ2v) is 36.1.